The van der Waals surface area contributed by atoms with Crippen molar-refractivity contribution in [3.63, 3.8) is 0 Å². The van der Waals surface area contributed by atoms with Crippen LogP contribution >= 0.6 is 11.8 Å². The third kappa shape index (κ3) is 3.36. The van der Waals surface area contributed by atoms with Crippen molar-refractivity contribution in [1.82, 2.24) is 9.88 Å². The van der Waals surface area contributed by atoms with Gasteiger partial charge in [0, 0.05) is 25.0 Å². The largest absolute Gasteiger partial charge is 0.505 e. The highest BCUT2D eigenvalue weighted by Gasteiger charge is 2.21. The zero-order valence-electron chi connectivity index (χ0n) is 10.4. The van der Waals surface area contributed by atoms with Gasteiger partial charge in [-0.1, -0.05) is 6.92 Å². The molecule has 1 amide bonds. The van der Waals surface area contributed by atoms with E-state index in [0.29, 0.717) is 5.56 Å². The number of aromatic hydroxyl groups is 1. The normalized spacial score (nSPS) is 12.2. The summed E-state index contributed by atoms with van der Waals surface area (Å²) in [6.45, 7) is 2.05. The fraction of sp³-hybridized carbons (Fsp3) is 0.500. The summed E-state index contributed by atoms with van der Waals surface area (Å²) in [6, 6.07) is 1.73. The highest BCUT2D eigenvalue weighted by molar-refractivity contribution is 7.98. The Bertz CT molecular complexity index is 385. The van der Waals surface area contributed by atoms with Gasteiger partial charge in [-0.25, -0.2) is 0 Å². The SMILES string of the molecule is CCC(CSC)N(C)C(=O)c1ccncc1O. The molecule has 0 fully saturated rings. The van der Waals surface area contributed by atoms with Crippen molar-refractivity contribution in [2.45, 2.75) is 19.4 Å². The summed E-state index contributed by atoms with van der Waals surface area (Å²) >= 11 is 1.71. The van der Waals surface area contributed by atoms with Crippen molar-refractivity contribution in [1.29, 1.82) is 0 Å². The Kier molecular flexibility index (Phi) is 5.28. The first-order valence-corrected chi connectivity index (χ1v) is 6.90. The molecule has 0 aliphatic heterocycles. The predicted molar refractivity (Wildman–Crippen MR) is 70.5 cm³/mol. The topological polar surface area (TPSA) is 53.4 Å². The van der Waals surface area contributed by atoms with Crippen LogP contribution in [-0.4, -0.2) is 46.0 Å². The smallest absolute Gasteiger partial charge is 0.257 e. The summed E-state index contributed by atoms with van der Waals surface area (Å²) in [6.07, 6.45) is 5.72. The zero-order chi connectivity index (χ0) is 12.8. The van der Waals surface area contributed by atoms with Crippen LogP contribution in [0.15, 0.2) is 18.5 Å². The maximum Gasteiger partial charge on any atom is 0.257 e. The minimum absolute atomic E-state index is 0.0663. The number of hydrogen-bond donors (Lipinski definition) is 1. The Balaban J connectivity index is 2.85. The average molecular weight is 254 g/mol. The lowest BCUT2D eigenvalue weighted by Crippen LogP contribution is -2.38. The molecule has 1 rings (SSSR count). The van der Waals surface area contributed by atoms with Gasteiger partial charge in [-0.3, -0.25) is 9.78 Å². The van der Waals surface area contributed by atoms with Gasteiger partial charge in [0.05, 0.1) is 11.8 Å². The van der Waals surface area contributed by atoms with Gasteiger partial charge in [-0.15, -0.1) is 0 Å². The van der Waals surface area contributed by atoms with Crippen molar-refractivity contribution in [2.24, 2.45) is 0 Å². The van der Waals surface area contributed by atoms with Gasteiger partial charge < -0.3 is 10.0 Å². The van der Waals surface area contributed by atoms with E-state index in [1.807, 2.05) is 6.26 Å². The second-order valence-electron chi connectivity index (χ2n) is 3.83. The number of amides is 1. The van der Waals surface area contributed by atoms with Gasteiger partial charge in [0.25, 0.3) is 5.91 Å². The molecule has 0 spiro atoms. The van der Waals surface area contributed by atoms with Crippen molar-refractivity contribution in [3.8, 4) is 5.75 Å². The summed E-state index contributed by atoms with van der Waals surface area (Å²) in [5.41, 5.74) is 0.307. The number of carbonyl (C=O) groups is 1. The maximum atomic E-state index is 12.2. The number of nitrogens with zero attached hydrogens (tertiary/aromatic N) is 2. The molecule has 1 heterocycles. The lowest BCUT2D eigenvalue weighted by Gasteiger charge is -2.27. The Morgan fingerprint density at radius 2 is 2.35 bits per heavy atom. The fourth-order valence-corrected chi connectivity index (χ4v) is 2.46. The van der Waals surface area contributed by atoms with Crippen molar-refractivity contribution >= 4 is 17.7 Å². The van der Waals surface area contributed by atoms with E-state index in [0.717, 1.165) is 12.2 Å². The van der Waals surface area contributed by atoms with Crippen LogP contribution in [-0.2, 0) is 0 Å². The van der Waals surface area contributed by atoms with Gasteiger partial charge in [0.2, 0.25) is 0 Å². The van der Waals surface area contributed by atoms with E-state index in [-0.39, 0.29) is 17.7 Å². The second-order valence-corrected chi connectivity index (χ2v) is 4.74. The van der Waals surface area contributed by atoms with Gasteiger partial charge >= 0.3 is 0 Å². The van der Waals surface area contributed by atoms with Crippen LogP contribution in [0.25, 0.3) is 0 Å². The lowest BCUT2D eigenvalue weighted by molar-refractivity contribution is 0.0740. The molecule has 94 valence electrons. The monoisotopic (exact) mass is 254 g/mol. The van der Waals surface area contributed by atoms with Crippen LogP contribution < -0.4 is 0 Å². The molecular formula is C12H18N2O2S. The number of thioether (sulfide) groups is 1. The first kappa shape index (κ1) is 13.8. The van der Waals surface area contributed by atoms with E-state index in [1.165, 1.54) is 12.4 Å². The second kappa shape index (κ2) is 6.49. The molecule has 0 radical (unpaired) electrons. The van der Waals surface area contributed by atoms with E-state index in [2.05, 4.69) is 11.9 Å². The summed E-state index contributed by atoms with van der Waals surface area (Å²) in [4.78, 5) is 17.6. The Morgan fingerprint density at radius 1 is 1.65 bits per heavy atom. The lowest BCUT2D eigenvalue weighted by atomic mass is 10.1. The van der Waals surface area contributed by atoms with Crippen LogP contribution in [0, 0.1) is 0 Å². The Labute approximate surface area is 106 Å². The summed E-state index contributed by atoms with van der Waals surface area (Å²) < 4.78 is 0. The summed E-state index contributed by atoms with van der Waals surface area (Å²) in [5.74, 6) is 0.666. The molecule has 0 aliphatic rings. The number of hydrogen-bond acceptors (Lipinski definition) is 4. The minimum Gasteiger partial charge on any atom is -0.505 e. The molecule has 1 atom stereocenters. The predicted octanol–water partition coefficient (Wildman–Crippen LogP) is 2.00. The molecule has 5 heteroatoms. The third-order valence-electron chi connectivity index (χ3n) is 2.73. The van der Waals surface area contributed by atoms with Crippen molar-refractivity contribution in [3.05, 3.63) is 24.0 Å². The third-order valence-corrected chi connectivity index (χ3v) is 3.45. The maximum absolute atomic E-state index is 12.2. The minimum atomic E-state index is -0.161. The molecule has 0 saturated heterocycles. The molecule has 0 saturated carbocycles. The highest BCUT2D eigenvalue weighted by atomic mass is 32.2. The van der Waals surface area contributed by atoms with Gasteiger partial charge in [-0.05, 0) is 18.7 Å². The fourth-order valence-electron chi connectivity index (χ4n) is 1.62. The van der Waals surface area contributed by atoms with Gasteiger partial charge in [0.1, 0.15) is 5.75 Å². The molecule has 1 N–H and O–H groups in total. The van der Waals surface area contributed by atoms with Crippen LogP contribution in [0.4, 0.5) is 0 Å². The van der Waals surface area contributed by atoms with Gasteiger partial charge in [0.15, 0.2) is 0 Å². The Hall–Kier alpha value is -1.23. The molecule has 0 aromatic carbocycles. The Morgan fingerprint density at radius 3 is 2.88 bits per heavy atom. The van der Waals surface area contributed by atoms with E-state index >= 15 is 0 Å². The molecule has 1 aromatic heterocycles. The molecule has 4 nitrogen and oxygen atoms in total. The number of carbonyl (C=O) groups excluding carboxylic acids is 1. The zero-order valence-corrected chi connectivity index (χ0v) is 11.2. The average Bonchev–Trinajstić information content (AvgIpc) is 2.35. The molecule has 0 aliphatic carbocycles. The van der Waals surface area contributed by atoms with E-state index in [9.17, 15) is 9.90 Å². The van der Waals surface area contributed by atoms with E-state index in [1.54, 1.807) is 29.8 Å². The quantitative estimate of drug-likeness (QED) is 0.873. The van der Waals surface area contributed by atoms with Crippen molar-refractivity contribution in [2.75, 3.05) is 19.1 Å². The van der Waals surface area contributed by atoms with Gasteiger partial charge in [-0.2, -0.15) is 11.8 Å². The first-order valence-electron chi connectivity index (χ1n) is 5.50. The number of aromatic nitrogens is 1. The van der Waals surface area contributed by atoms with Crippen molar-refractivity contribution < 1.29 is 9.90 Å². The first-order chi connectivity index (χ1) is 8.11. The number of rotatable bonds is 5. The molecule has 1 unspecified atom stereocenters. The highest BCUT2D eigenvalue weighted by Crippen LogP contribution is 2.18. The molecular weight excluding hydrogens is 236 g/mol. The molecule has 17 heavy (non-hydrogen) atoms. The van der Waals surface area contributed by atoms with Crippen LogP contribution in [0.2, 0.25) is 0 Å². The van der Waals surface area contributed by atoms with Crippen LogP contribution in [0.1, 0.15) is 23.7 Å². The number of pyridine rings is 1. The standard InChI is InChI=1S/C12H18N2O2S/c1-4-9(8-17-3)14(2)12(16)10-5-6-13-7-11(10)15/h5-7,9,15H,4,8H2,1-3H3. The molecule has 0 bridgehead atoms. The molecule has 1 aromatic rings. The van der Waals surface area contributed by atoms with Crippen LogP contribution in [0.5, 0.6) is 5.75 Å². The summed E-state index contributed by atoms with van der Waals surface area (Å²) in [5, 5.41) is 9.60. The van der Waals surface area contributed by atoms with E-state index < -0.39 is 0 Å². The summed E-state index contributed by atoms with van der Waals surface area (Å²) in [7, 11) is 1.77. The van der Waals surface area contributed by atoms with E-state index in [4.69, 9.17) is 0 Å². The van der Waals surface area contributed by atoms with Crippen LogP contribution in [0.3, 0.4) is 0 Å².